The Bertz CT molecular complexity index is 660. The van der Waals surface area contributed by atoms with Crippen molar-refractivity contribution < 1.29 is 4.79 Å². The molecule has 2 aromatic heterocycles. The van der Waals surface area contributed by atoms with E-state index in [1.165, 1.54) is 11.3 Å². The molecule has 2 aromatic rings. The van der Waals surface area contributed by atoms with Crippen LogP contribution in [-0.4, -0.2) is 28.4 Å². The quantitative estimate of drug-likeness (QED) is 0.942. The largest absolute Gasteiger partial charge is 0.397 e. The van der Waals surface area contributed by atoms with Crippen LogP contribution in [0.5, 0.6) is 0 Å². The minimum absolute atomic E-state index is 0.0324. The lowest BCUT2D eigenvalue weighted by Gasteiger charge is -2.34. The number of hydrogen-bond donors (Lipinski definition) is 1. The van der Waals surface area contributed by atoms with Crippen LogP contribution in [0.15, 0.2) is 12.1 Å². The third-order valence-corrected chi connectivity index (χ3v) is 5.11. The number of nitrogen functional groups attached to an aromatic ring is 1. The highest BCUT2D eigenvalue weighted by Gasteiger charge is 2.29. The molecule has 1 amide bonds. The zero-order chi connectivity index (χ0) is 15.1. The van der Waals surface area contributed by atoms with Gasteiger partial charge >= 0.3 is 0 Å². The third-order valence-electron chi connectivity index (χ3n) is 4.01. The maximum Gasteiger partial charge on any atom is 0.266 e. The summed E-state index contributed by atoms with van der Waals surface area (Å²) in [4.78, 5) is 20.3. The van der Waals surface area contributed by atoms with Gasteiger partial charge in [-0.2, -0.15) is 0 Å². The molecule has 0 radical (unpaired) electrons. The summed E-state index contributed by atoms with van der Waals surface area (Å²) in [5.41, 5.74) is 7.42. The first-order valence-corrected chi connectivity index (χ1v) is 7.53. The molecule has 0 aliphatic heterocycles. The third kappa shape index (κ3) is 2.38. The summed E-state index contributed by atoms with van der Waals surface area (Å²) in [5, 5.41) is 0.867. The van der Waals surface area contributed by atoms with Crippen molar-refractivity contribution in [3.8, 4) is 0 Å². The van der Waals surface area contributed by atoms with Gasteiger partial charge in [-0.05, 0) is 39.3 Å². The molecule has 2 rings (SSSR count). The molecule has 0 unspecified atom stereocenters. The number of amides is 1. The molecular weight excluding hydrogens is 270 g/mol. The smallest absolute Gasteiger partial charge is 0.266 e. The summed E-state index contributed by atoms with van der Waals surface area (Å²) < 4.78 is 0. The van der Waals surface area contributed by atoms with Gasteiger partial charge in [0.15, 0.2) is 0 Å². The van der Waals surface area contributed by atoms with Crippen molar-refractivity contribution in [3.05, 3.63) is 22.7 Å². The van der Waals surface area contributed by atoms with Gasteiger partial charge in [0.05, 0.1) is 5.69 Å². The highest BCUT2D eigenvalue weighted by Crippen LogP contribution is 2.34. The van der Waals surface area contributed by atoms with E-state index in [9.17, 15) is 4.79 Å². The zero-order valence-electron chi connectivity index (χ0n) is 12.7. The molecule has 108 valence electrons. The van der Waals surface area contributed by atoms with Gasteiger partial charge in [-0.15, -0.1) is 11.3 Å². The summed E-state index contributed by atoms with van der Waals surface area (Å²) in [6, 6.07) is 3.85. The maximum absolute atomic E-state index is 12.7. The van der Waals surface area contributed by atoms with Crippen LogP contribution in [0.2, 0.25) is 0 Å². The van der Waals surface area contributed by atoms with Crippen LogP contribution < -0.4 is 5.73 Å². The Kier molecular flexibility index (Phi) is 3.73. The van der Waals surface area contributed by atoms with E-state index in [2.05, 4.69) is 25.8 Å². The number of pyridine rings is 1. The number of hydrogen-bond acceptors (Lipinski definition) is 4. The normalized spacial score (nSPS) is 11.8. The first-order chi connectivity index (χ1) is 9.27. The van der Waals surface area contributed by atoms with Gasteiger partial charge in [0.2, 0.25) is 0 Å². The second-order valence-electron chi connectivity index (χ2n) is 5.68. The van der Waals surface area contributed by atoms with E-state index in [0.29, 0.717) is 10.6 Å². The van der Waals surface area contributed by atoms with Gasteiger partial charge in [-0.1, -0.05) is 6.92 Å². The molecule has 20 heavy (non-hydrogen) atoms. The zero-order valence-corrected chi connectivity index (χ0v) is 13.5. The summed E-state index contributed by atoms with van der Waals surface area (Å²) >= 11 is 1.37. The molecule has 0 aliphatic carbocycles. The standard InChI is InChI=1S/C15H21N3OS/c1-6-15(3,4)18(5)14(19)12-11(16)10-8-7-9(2)17-13(10)20-12/h7-8H,6,16H2,1-5H3. The average Bonchev–Trinajstić information content (AvgIpc) is 2.73. The van der Waals surface area contributed by atoms with E-state index in [-0.39, 0.29) is 11.4 Å². The molecule has 0 bridgehead atoms. The number of aryl methyl sites for hydroxylation is 1. The van der Waals surface area contributed by atoms with E-state index in [1.807, 2.05) is 26.1 Å². The minimum atomic E-state index is -0.191. The van der Waals surface area contributed by atoms with E-state index >= 15 is 0 Å². The lowest BCUT2D eigenvalue weighted by molar-refractivity contribution is 0.0626. The van der Waals surface area contributed by atoms with Crippen LogP contribution >= 0.6 is 11.3 Å². The SMILES string of the molecule is CCC(C)(C)N(C)C(=O)c1sc2nc(C)ccc2c1N. The molecule has 4 nitrogen and oxygen atoms in total. The Labute approximate surface area is 123 Å². The van der Waals surface area contributed by atoms with Crippen LogP contribution in [0.1, 0.15) is 42.6 Å². The van der Waals surface area contributed by atoms with Crippen molar-refractivity contribution in [3.63, 3.8) is 0 Å². The molecule has 0 atom stereocenters. The van der Waals surface area contributed by atoms with E-state index in [4.69, 9.17) is 5.73 Å². The molecular formula is C15H21N3OS. The first-order valence-electron chi connectivity index (χ1n) is 6.71. The maximum atomic E-state index is 12.7. The number of carbonyl (C=O) groups excluding carboxylic acids is 1. The lowest BCUT2D eigenvalue weighted by atomic mass is 9.99. The number of anilines is 1. The number of carbonyl (C=O) groups is 1. The summed E-state index contributed by atoms with van der Waals surface area (Å²) in [7, 11) is 1.83. The van der Waals surface area contributed by atoms with Crippen molar-refractivity contribution in [2.24, 2.45) is 0 Å². The van der Waals surface area contributed by atoms with Crippen molar-refractivity contribution >= 4 is 33.1 Å². The number of thiophene rings is 1. The molecule has 0 fully saturated rings. The fourth-order valence-corrected chi connectivity index (χ4v) is 3.03. The molecule has 0 aliphatic rings. The van der Waals surface area contributed by atoms with E-state index < -0.39 is 0 Å². The van der Waals surface area contributed by atoms with Gasteiger partial charge in [-0.25, -0.2) is 4.98 Å². The molecule has 5 heteroatoms. The van der Waals surface area contributed by atoms with Crippen LogP contribution in [0.3, 0.4) is 0 Å². The molecule has 0 saturated heterocycles. The van der Waals surface area contributed by atoms with Gasteiger partial charge in [0, 0.05) is 23.7 Å². The predicted octanol–water partition coefficient (Wildman–Crippen LogP) is 3.45. The fraction of sp³-hybridized carbons (Fsp3) is 0.467. The number of aromatic nitrogens is 1. The Morgan fingerprint density at radius 2 is 2.10 bits per heavy atom. The number of rotatable bonds is 3. The van der Waals surface area contributed by atoms with Crippen molar-refractivity contribution in [1.29, 1.82) is 0 Å². The Balaban J connectivity index is 2.48. The summed E-state index contributed by atoms with van der Waals surface area (Å²) in [5.74, 6) is -0.0324. The van der Waals surface area contributed by atoms with Gasteiger partial charge in [-0.3, -0.25) is 4.79 Å². The van der Waals surface area contributed by atoms with Crippen LogP contribution in [0, 0.1) is 6.92 Å². The van der Waals surface area contributed by atoms with E-state index in [1.54, 1.807) is 4.90 Å². The second kappa shape index (κ2) is 5.05. The monoisotopic (exact) mass is 291 g/mol. The number of nitrogens with two attached hydrogens (primary N) is 1. The van der Waals surface area contributed by atoms with Crippen LogP contribution in [-0.2, 0) is 0 Å². The molecule has 0 spiro atoms. The van der Waals surface area contributed by atoms with Crippen molar-refractivity contribution in [1.82, 2.24) is 9.88 Å². The second-order valence-corrected chi connectivity index (χ2v) is 6.68. The average molecular weight is 291 g/mol. The van der Waals surface area contributed by atoms with Gasteiger partial charge in [0.25, 0.3) is 5.91 Å². The Hall–Kier alpha value is -1.62. The summed E-state index contributed by atoms with van der Waals surface area (Å²) in [6.45, 7) is 8.11. The fourth-order valence-electron chi connectivity index (χ4n) is 1.91. The van der Waals surface area contributed by atoms with Crippen molar-refractivity contribution in [2.45, 2.75) is 39.7 Å². The minimum Gasteiger partial charge on any atom is -0.397 e. The highest BCUT2D eigenvalue weighted by atomic mass is 32.1. The Morgan fingerprint density at radius 1 is 1.45 bits per heavy atom. The lowest BCUT2D eigenvalue weighted by Crippen LogP contribution is -2.44. The Morgan fingerprint density at radius 3 is 2.70 bits per heavy atom. The highest BCUT2D eigenvalue weighted by molar-refractivity contribution is 7.21. The molecule has 0 aromatic carbocycles. The van der Waals surface area contributed by atoms with Crippen LogP contribution in [0.25, 0.3) is 10.2 Å². The number of nitrogens with zero attached hydrogens (tertiary/aromatic N) is 2. The molecule has 2 heterocycles. The van der Waals surface area contributed by atoms with Crippen LogP contribution in [0.4, 0.5) is 5.69 Å². The molecule has 0 saturated carbocycles. The topological polar surface area (TPSA) is 59.2 Å². The van der Waals surface area contributed by atoms with Gasteiger partial charge in [0.1, 0.15) is 9.71 Å². The first kappa shape index (κ1) is 14.8. The van der Waals surface area contributed by atoms with Crippen molar-refractivity contribution in [2.75, 3.05) is 12.8 Å². The predicted molar refractivity (Wildman–Crippen MR) is 85.2 cm³/mol. The number of fused-ring (bicyclic) bond motifs is 1. The molecule has 2 N–H and O–H groups in total. The van der Waals surface area contributed by atoms with E-state index in [0.717, 1.165) is 22.3 Å². The summed E-state index contributed by atoms with van der Waals surface area (Å²) in [6.07, 6.45) is 0.886. The van der Waals surface area contributed by atoms with Gasteiger partial charge < -0.3 is 10.6 Å².